The average Bonchev–Trinajstić information content (AvgIpc) is 3.09. The minimum atomic E-state index is 0.0729. The molecule has 2 aliphatic heterocycles. The summed E-state index contributed by atoms with van der Waals surface area (Å²) < 4.78 is 5.35. The van der Waals surface area contributed by atoms with Gasteiger partial charge >= 0.3 is 6.01 Å². The van der Waals surface area contributed by atoms with Crippen LogP contribution in [0.1, 0.15) is 36.0 Å². The second-order valence-electron chi connectivity index (χ2n) is 7.47. The molecule has 8 heteroatoms. The van der Waals surface area contributed by atoms with Gasteiger partial charge in [-0.3, -0.25) is 4.79 Å². The summed E-state index contributed by atoms with van der Waals surface area (Å²) >= 11 is 0. The molecule has 0 unspecified atom stereocenters. The van der Waals surface area contributed by atoms with Crippen LogP contribution in [0.25, 0.3) is 0 Å². The highest BCUT2D eigenvalue weighted by atomic mass is 16.5. The van der Waals surface area contributed by atoms with E-state index in [0.717, 1.165) is 31.5 Å². The Morgan fingerprint density at radius 3 is 1.97 bits per heavy atom. The third-order valence-corrected chi connectivity index (χ3v) is 5.53. The number of nitrogens with zero attached hydrogens (tertiary/aromatic N) is 6. The summed E-state index contributed by atoms with van der Waals surface area (Å²) in [5, 5.41) is 0. The van der Waals surface area contributed by atoms with Crippen molar-refractivity contribution in [2.75, 3.05) is 56.2 Å². The molecular weight excluding hydrogens is 368 g/mol. The van der Waals surface area contributed by atoms with Gasteiger partial charge in [0.2, 0.25) is 11.9 Å². The number of amides is 1. The van der Waals surface area contributed by atoms with Crippen molar-refractivity contribution in [2.45, 2.75) is 25.7 Å². The second-order valence-corrected chi connectivity index (χ2v) is 7.47. The van der Waals surface area contributed by atoms with Gasteiger partial charge in [0.05, 0.1) is 7.11 Å². The molecule has 29 heavy (non-hydrogen) atoms. The zero-order valence-corrected chi connectivity index (χ0v) is 17.0. The molecule has 3 heterocycles. The molecule has 4 rings (SSSR count). The number of hydrogen-bond donors (Lipinski definition) is 0. The van der Waals surface area contributed by atoms with E-state index in [-0.39, 0.29) is 5.91 Å². The normalized spacial score (nSPS) is 17.8. The third kappa shape index (κ3) is 4.58. The fourth-order valence-corrected chi connectivity index (χ4v) is 3.85. The maximum Gasteiger partial charge on any atom is 0.322 e. The first-order valence-electron chi connectivity index (χ1n) is 10.4. The van der Waals surface area contributed by atoms with E-state index in [4.69, 9.17) is 9.72 Å². The Morgan fingerprint density at radius 1 is 0.793 bits per heavy atom. The summed E-state index contributed by atoms with van der Waals surface area (Å²) in [6.45, 7) is 4.58. The van der Waals surface area contributed by atoms with Crippen LogP contribution in [0.15, 0.2) is 30.3 Å². The van der Waals surface area contributed by atoms with Gasteiger partial charge in [-0.15, -0.1) is 0 Å². The average molecular weight is 396 g/mol. The molecule has 1 aromatic carbocycles. The van der Waals surface area contributed by atoms with E-state index in [1.807, 2.05) is 35.2 Å². The Kier molecular flexibility index (Phi) is 6.07. The summed E-state index contributed by atoms with van der Waals surface area (Å²) in [4.78, 5) is 32.6. The number of piperazine rings is 1. The lowest BCUT2D eigenvalue weighted by atomic mass is 10.2. The molecule has 1 amide bonds. The molecule has 2 aromatic rings. The van der Waals surface area contributed by atoms with Gasteiger partial charge in [-0.25, -0.2) is 0 Å². The monoisotopic (exact) mass is 396 g/mol. The lowest BCUT2D eigenvalue weighted by molar-refractivity contribution is 0.0746. The molecule has 0 N–H and O–H groups in total. The van der Waals surface area contributed by atoms with Crippen LogP contribution in [0, 0.1) is 0 Å². The van der Waals surface area contributed by atoms with Gasteiger partial charge in [0.15, 0.2) is 0 Å². The maximum absolute atomic E-state index is 12.7. The molecular formula is C21H28N6O2. The fraction of sp³-hybridized carbons (Fsp3) is 0.524. The van der Waals surface area contributed by atoms with E-state index in [9.17, 15) is 4.79 Å². The van der Waals surface area contributed by atoms with Crippen molar-refractivity contribution in [3.8, 4) is 6.01 Å². The van der Waals surface area contributed by atoms with Gasteiger partial charge in [0.25, 0.3) is 5.91 Å². The number of anilines is 2. The summed E-state index contributed by atoms with van der Waals surface area (Å²) in [6.07, 6.45) is 4.82. The summed E-state index contributed by atoms with van der Waals surface area (Å²) in [5.74, 6) is 1.39. The first kappa shape index (κ1) is 19.4. The van der Waals surface area contributed by atoms with Gasteiger partial charge in [0.1, 0.15) is 0 Å². The lowest BCUT2D eigenvalue weighted by Gasteiger charge is -2.35. The largest absolute Gasteiger partial charge is 0.467 e. The van der Waals surface area contributed by atoms with Crippen molar-refractivity contribution in [2.24, 2.45) is 0 Å². The van der Waals surface area contributed by atoms with Gasteiger partial charge in [-0.1, -0.05) is 31.0 Å². The number of ether oxygens (including phenoxy) is 1. The highest BCUT2D eigenvalue weighted by molar-refractivity contribution is 5.94. The molecule has 2 aliphatic rings. The van der Waals surface area contributed by atoms with Gasteiger partial charge < -0.3 is 19.4 Å². The summed E-state index contributed by atoms with van der Waals surface area (Å²) in [5.41, 5.74) is 0.728. The number of hydrogen-bond acceptors (Lipinski definition) is 7. The van der Waals surface area contributed by atoms with Crippen molar-refractivity contribution >= 4 is 17.8 Å². The van der Waals surface area contributed by atoms with E-state index in [1.54, 1.807) is 7.11 Å². The molecule has 0 saturated carbocycles. The van der Waals surface area contributed by atoms with Crippen molar-refractivity contribution in [1.82, 2.24) is 19.9 Å². The lowest BCUT2D eigenvalue weighted by Crippen LogP contribution is -2.49. The van der Waals surface area contributed by atoms with Gasteiger partial charge in [0, 0.05) is 44.8 Å². The third-order valence-electron chi connectivity index (χ3n) is 5.53. The van der Waals surface area contributed by atoms with Crippen molar-refractivity contribution in [3.63, 3.8) is 0 Å². The quantitative estimate of drug-likeness (QED) is 0.784. The standard InChI is InChI=1S/C21H28N6O2/c1-29-21-23-19(26-11-7-2-3-8-12-26)22-20(24-21)27-15-13-25(14-16-27)18(28)17-9-5-4-6-10-17/h4-6,9-10H,2-3,7-8,11-16H2,1H3. The van der Waals surface area contributed by atoms with Crippen LogP contribution in [0.2, 0.25) is 0 Å². The number of carbonyl (C=O) groups excluding carboxylic acids is 1. The molecule has 0 aliphatic carbocycles. The van der Waals surface area contributed by atoms with Gasteiger partial charge in [-0.2, -0.15) is 15.0 Å². The minimum absolute atomic E-state index is 0.0729. The molecule has 154 valence electrons. The number of carbonyl (C=O) groups is 1. The Balaban J connectivity index is 1.46. The Morgan fingerprint density at radius 2 is 1.38 bits per heavy atom. The van der Waals surface area contributed by atoms with Crippen LogP contribution in [0.4, 0.5) is 11.9 Å². The van der Waals surface area contributed by atoms with Crippen LogP contribution in [-0.2, 0) is 0 Å². The zero-order chi connectivity index (χ0) is 20.1. The number of aromatic nitrogens is 3. The molecule has 8 nitrogen and oxygen atoms in total. The van der Waals surface area contributed by atoms with Crippen LogP contribution < -0.4 is 14.5 Å². The first-order chi connectivity index (χ1) is 14.2. The summed E-state index contributed by atoms with van der Waals surface area (Å²) in [6, 6.07) is 9.77. The number of rotatable bonds is 4. The van der Waals surface area contributed by atoms with Crippen molar-refractivity contribution in [1.29, 1.82) is 0 Å². The molecule has 0 atom stereocenters. The molecule has 0 radical (unpaired) electrons. The Labute approximate surface area is 171 Å². The van der Waals surface area contributed by atoms with E-state index in [1.165, 1.54) is 12.8 Å². The van der Waals surface area contributed by atoms with E-state index < -0.39 is 0 Å². The Bertz CT molecular complexity index is 815. The zero-order valence-electron chi connectivity index (χ0n) is 17.0. The fourth-order valence-electron chi connectivity index (χ4n) is 3.85. The van der Waals surface area contributed by atoms with E-state index in [2.05, 4.69) is 19.8 Å². The molecule has 1 aromatic heterocycles. The Hall–Kier alpha value is -2.90. The SMILES string of the molecule is COc1nc(N2CCCCCC2)nc(N2CCN(C(=O)c3ccccc3)CC2)n1. The van der Waals surface area contributed by atoms with E-state index >= 15 is 0 Å². The van der Waals surface area contributed by atoms with Crippen molar-refractivity contribution in [3.05, 3.63) is 35.9 Å². The predicted octanol–water partition coefficient (Wildman–Crippen LogP) is 2.22. The topological polar surface area (TPSA) is 74.7 Å². The molecule has 2 fully saturated rings. The predicted molar refractivity (Wildman–Crippen MR) is 112 cm³/mol. The van der Waals surface area contributed by atoms with E-state index in [0.29, 0.717) is 44.1 Å². The summed E-state index contributed by atoms with van der Waals surface area (Å²) in [7, 11) is 1.59. The smallest absolute Gasteiger partial charge is 0.322 e. The van der Waals surface area contributed by atoms with Gasteiger partial charge in [-0.05, 0) is 25.0 Å². The second kappa shape index (κ2) is 9.07. The highest BCUT2D eigenvalue weighted by Gasteiger charge is 2.25. The van der Waals surface area contributed by atoms with Crippen molar-refractivity contribution < 1.29 is 9.53 Å². The minimum Gasteiger partial charge on any atom is -0.467 e. The van der Waals surface area contributed by atoms with Crippen LogP contribution in [0.3, 0.4) is 0 Å². The van der Waals surface area contributed by atoms with Crippen LogP contribution >= 0.6 is 0 Å². The molecule has 2 saturated heterocycles. The molecule has 0 bridgehead atoms. The first-order valence-corrected chi connectivity index (χ1v) is 10.4. The molecule has 0 spiro atoms. The maximum atomic E-state index is 12.7. The van der Waals surface area contributed by atoms with Crippen LogP contribution in [0.5, 0.6) is 6.01 Å². The van der Waals surface area contributed by atoms with Crippen LogP contribution in [-0.4, -0.2) is 72.1 Å². The number of benzene rings is 1. The highest BCUT2D eigenvalue weighted by Crippen LogP contribution is 2.22. The number of methoxy groups -OCH3 is 1.